The highest BCUT2D eigenvalue weighted by atomic mass is 35.5. The van der Waals surface area contributed by atoms with Gasteiger partial charge in [-0.25, -0.2) is 4.39 Å². The minimum Gasteiger partial charge on any atom is -0.372 e. The molecule has 176 valence electrons. The predicted octanol–water partition coefficient (Wildman–Crippen LogP) is 3.45. The number of amides is 2. The molecule has 3 aromatic rings. The van der Waals surface area contributed by atoms with E-state index in [0.717, 1.165) is 6.20 Å². The van der Waals surface area contributed by atoms with E-state index in [2.05, 4.69) is 20.6 Å². The number of benzene rings is 1. The van der Waals surface area contributed by atoms with Gasteiger partial charge in [0.05, 0.1) is 41.3 Å². The van der Waals surface area contributed by atoms with Gasteiger partial charge in [0.15, 0.2) is 5.82 Å². The maximum absolute atomic E-state index is 14.4. The first-order chi connectivity index (χ1) is 15.5. The maximum atomic E-state index is 14.4. The molecule has 3 N–H and O–H groups in total. The number of carbonyl (C=O) groups excluding carboxylic acids is 2. The van der Waals surface area contributed by atoms with Gasteiger partial charge in [0, 0.05) is 41.9 Å². The molecule has 0 radical (unpaired) electrons. The number of hydrogen-bond acceptors (Lipinski definition) is 5. The third-order valence-electron chi connectivity index (χ3n) is 5.71. The Hall–Kier alpha value is -2.75. The molecule has 1 aliphatic rings. The Morgan fingerprint density at radius 3 is 2.88 bits per heavy atom. The van der Waals surface area contributed by atoms with Gasteiger partial charge in [0.1, 0.15) is 6.04 Å². The van der Waals surface area contributed by atoms with E-state index in [1.165, 1.54) is 13.1 Å². The summed E-state index contributed by atoms with van der Waals surface area (Å²) in [6, 6.07) is 2.56. The quantitative estimate of drug-likeness (QED) is 0.525. The van der Waals surface area contributed by atoms with E-state index in [1.54, 1.807) is 12.1 Å². The van der Waals surface area contributed by atoms with Crippen LogP contribution in [0.4, 0.5) is 10.1 Å². The normalized spacial score (nSPS) is 19.5. The van der Waals surface area contributed by atoms with Crippen molar-refractivity contribution in [2.75, 3.05) is 25.0 Å². The van der Waals surface area contributed by atoms with Crippen molar-refractivity contribution in [1.82, 2.24) is 20.2 Å². The number of hydrogen-bond donors (Lipinski definition) is 3. The zero-order valence-electron chi connectivity index (χ0n) is 19.0. The van der Waals surface area contributed by atoms with E-state index < -0.39 is 17.5 Å². The first-order valence-electron chi connectivity index (χ1n) is 10.7. The molecule has 1 fully saturated rings. The van der Waals surface area contributed by atoms with Crippen molar-refractivity contribution in [2.24, 2.45) is 0 Å². The minimum absolute atomic E-state index is 0.127. The van der Waals surface area contributed by atoms with Crippen LogP contribution in [0.5, 0.6) is 0 Å². The van der Waals surface area contributed by atoms with Gasteiger partial charge in [-0.1, -0.05) is 11.6 Å². The zero-order chi connectivity index (χ0) is 23.9. The van der Waals surface area contributed by atoms with Crippen LogP contribution in [0.15, 0.2) is 24.5 Å². The molecule has 2 aromatic heterocycles. The number of nitrogens with zero attached hydrogens (tertiary/aromatic N) is 2. The molecular formula is C23H27ClFN5O3. The average molecular weight is 476 g/mol. The Morgan fingerprint density at radius 2 is 2.15 bits per heavy atom. The lowest BCUT2D eigenvalue weighted by atomic mass is 10.0. The molecule has 8 nitrogen and oxygen atoms in total. The molecule has 33 heavy (non-hydrogen) atoms. The van der Waals surface area contributed by atoms with Crippen LogP contribution in [-0.4, -0.2) is 64.1 Å². The lowest BCUT2D eigenvalue weighted by Gasteiger charge is -2.43. The van der Waals surface area contributed by atoms with Gasteiger partial charge < -0.3 is 20.4 Å². The summed E-state index contributed by atoms with van der Waals surface area (Å²) in [6.07, 6.45) is 2.67. The van der Waals surface area contributed by atoms with E-state index in [-0.39, 0.29) is 24.5 Å². The van der Waals surface area contributed by atoms with Gasteiger partial charge in [-0.15, -0.1) is 0 Å². The number of fused-ring (bicyclic) bond motifs is 3. The van der Waals surface area contributed by atoms with Crippen molar-refractivity contribution in [3.05, 3.63) is 35.4 Å². The van der Waals surface area contributed by atoms with Gasteiger partial charge in [-0.3, -0.25) is 19.5 Å². The molecule has 3 heterocycles. The Morgan fingerprint density at radius 1 is 1.39 bits per heavy atom. The van der Waals surface area contributed by atoms with E-state index >= 15 is 0 Å². The van der Waals surface area contributed by atoms with Crippen molar-refractivity contribution in [3.8, 4) is 0 Å². The van der Waals surface area contributed by atoms with Crippen molar-refractivity contribution >= 4 is 50.9 Å². The zero-order valence-corrected chi connectivity index (χ0v) is 19.7. The van der Waals surface area contributed by atoms with Crippen LogP contribution in [0.25, 0.3) is 21.8 Å². The highest BCUT2D eigenvalue weighted by molar-refractivity contribution is 6.33. The van der Waals surface area contributed by atoms with Crippen LogP contribution >= 0.6 is 11.6 Å². The molecule has 2 atom stereocenters. The molecule has 4 rings (SSSR count). The number of carbonyl (C=O) groups is 2. The summed E-state index contributed by atoms with van der Waals surface area (Å²) in [5, 5.41) is 7.10. The SMILES string of the molecule is CC(=O)NC(C)CN1CC(C)(C)OCC1C(=O)Nc1cc(Cl)cc2c1[nH]c1cncc(F)c12. The molecule has 0 aliphatic carbocycles. The number of nitrogens with one attached hydrogen (secondary N) is 3. The third-order valence-corrected chi connectivity index (χ3v) is 5.93. The third kappa shape index (κ3) is 4.95. The van der Waals surface area contributed by atoms with E-state index in [4.69, 9.17) is 16.3 Å². The fourth-order valence-corrected chi connectivity index (χ4v) is 4.64. The Labute approximate surface area is 195 Å². The lowest BCUT2D eigenvalue weighted by molar-refractivity contribution is -0.143. The summed E-state index contributed by atoms with van der Waals surface area (Å²) in [4.78, 5) is 33.8. The van der Waals surface area contributed by atoms with E-state index in [0.29, 0.717) is 45.6 Å². The number of halogens is 2. The first kappa shape index (κ1) is 23.4. The number of ether oxygens (including phenoxy) is 1. The number of H-pyrrole nitrogens is 1. The van der Waals surface area contributed by atoms with Crippen molar-refractivity contribution < 1.29 is 18.7 Å². The second kappa shape index (κ2) is 8.89. The molecule has 1 saturated heterocycles. The second-order valence-corrected chi connectivity index (χ2v) is 9.59. The number of pyridine rings is 1. The molecule has 1 aromatic carbocycles. The molecule has 1 aliphatic heterocycles. The molecule has 0 spiro atoms. The molecular weight excluding hydrogens is 449 g/mol. The van der Waals surface area contributed by atoms with Gasteiger partial charge >= 0.3 is 0 Å². The highest BCUT2D eigenvalue weighted by Gasteiger charge is 2.38. The van der Waals surface area contributed by atoms with Crippen LogP contribution in [0.2, 0.25) is 5.02 Å². The van der Waals surface area contributed by atoms with Gasteiger partial charge in [0.25, 0.3) is 0 Å². The van der Waals surface area contributed by atoms with Crippen LogP contribution in [-0.2, 0) is 14.3 Å². The first-order valence-corrected chi connectivity index (χ1v) is 11.1. The molecule has 2 unspecified atom stereocenters. The molecule has 10 heteroatoms. The van der Waals surface area contributed by atoms with Crippen LogP contribution in [0.1, 0.15) is 27.7 Å². The summed E-state index contributed by atoms with van der Waals surface area (Å²) < 4.78 is 20.4. The summed E-state index contributed by atoms with van der Waals surface area (Å²) in [6.45, 7) is 8.48. The molecule has 2 amide bonds. The van der Waals surface area contributed by atoms with Crippen LogP contribution in [0.3, 0.4) is 0 Å². The number of rotatable bonds is 5. The number of anilines is 1. The second-order valence-electron chi connectivity index (χ2n) is 9.15. The van der Waals surface area contributed by atoms with Crippen molar-refractivity contribution in [2.45, 2.75) is 45.4 Å². The monoisotopic (exact) mass is 475 g/mol. The fourth-order valence-electron chi connectivity index (χ4n) is 4.42. The topological polar surface area (TPSA) is 99.4 Å². The number of aromatic nitrogens is 2. The van der Waals surface area contributed by atoms with Crippen molar-refractivity contribution in [3.63, 3.8) is 0 Å². The van der Waals surface area contributed by atoms with E-state index in [1.807, 2.05) is 25.7 Å². The Kier molecular flexibility index (Phi) is 6.30. The maximum Gasteiger partial charge on any atom is 0.244 e. The highest BCUT2D eigenvalue weighted by Crippen LogP contribution is 2.34. The standard InChI is InChI=1S/C23H27ClFN5O3/c1-12(27-13(2)31)9-30-11-23(3,4)33-10-19(30)22(32)29-17-6-14(24)5-15-20-16(25)7-26-8-18(20)28-21(15)17/h5-8,12,19,28H,9-11H2,1-4H3,(H,27,31)(H,29,32). The number of aromatic amines is 1. The molecule has 0 saturated carbocycles. The summed E-state index contributed by atoms with van der Waals surface area (Å²) in [7, 11) is 0. The summed E-state index contributed by atoms with van der Waals surface area (Å²) >= 11 is 6.31. The van der Waals surface area contributed by atoms with Crippen molar-refractivity contribution in [1.29, 1.82) is 0 Å². The predicted molar refractivity (Wildman–Crippen MR) is 126 cm³/mol. The summed E-state index contributed by atoms with van der Waals surface area (Å²) in [5.41, 5.74) is 1.08. The lowest BCUT2D eigenvalue weighted by Crippen LogP contribution is -2.60. The Balaban J connectivity index is 1.64. The van der Waals surface area contributed by atoms with Crippen LogP contribution in [0, 0.1) is 5.82 Å². The number of morpholine rings is 1. The summed E-state index contributed by atoms with van der Waals surface area (Å²) in [5.74, 6) is -0.876. The van der Waals surface area contributed by atoms with E-state index in [9.17, 15) is 14.0 Å². The van der Waals surface area contributed by atoms with Gasteiger partial charge in [-0.2, -0.15) is 0 Å². The molecule has 0 bridgehead atoms. The van der Waals surface area contributed by atoms with Gasteiger partial charge in [-0.05, 0) is 32.9 Å². The van der Waals surface area contributed by atoms with Gasteiger partial charge in [0.2, 0.25) is 11.8 Å². The fraction of sp³-hybridized carbons (Fsp3) is 0.435. The van der Waals surface area contributed by atoms with Crippen LogP contribution < -0.4 is 10.6 Å². The average Bonchev–Trinajstić information content (AvgIpc) is 3.06. The Bertz CT molecular complexity index is 1230. The smallest absolute Gasteiger partial charge is 0.244 e. The minimum atomic E-state index is -0.578. The largest absolute Gasteiger partial charge is 0.372 e.